The van der Waals surface area contributed by atoms with Gasteiger partial charge in [0.05, 0.1) is 10.1 Å². The second-order valence-corrected chi connectivity index (χ2v) is 8.60. The second kappa shape index (κ2) is 5.85. The summed E-state index contributed by atoms with van der Waals surface area (Å²) in [4.78, 5) is 11.7. The molecule has 0 bridgehead atoms. The molecule has 2 rings (SSSR count). The molecule has 0 radical (unpaired) electrons. The van der Waals surface area contributed by atoms with Crippen LogP contribution in [0, 0.1) is 0 Å². The van der Waals surface area contributed by atoms with Crippen molar-refractivity contribution >= 4 is 31.7 Å². The SMILES string of the molecule is CC(C(Br)c1ccc2c(c1)C(=O)NCCC2)S(C)(=O)=O. The van der Waals surface area contributed by atoms with E-state index in [0.29, 0.717) is 12.1 Å². The molecule has 6 heteroatoms. The minimum Gasteiger partial charge on any atom is -0.352 e. The monoisotopic (exact) mass is 359 g/mol. The molecule has 1 amide bonds. The minimum atomic E-state index is -3.14. The minimum absolute atomic E-state index is 0.0777. The molecular weight excluding hydrogens is 342 g/mol. The molecule has 1 aliphatic heterocycles. The summed E-state index contributed by atoms with van der Waals surface area (Å²) in [6.07, 6.45) is 3.01. The number of alkyl halides is 1. The number of aryl methyl sites for hydroxylation is 1. The third-order valence-electron chi connectivity index (χ3n) is 3.69. The number of fused-ring (bicyclic) bond motifs is 1. The smallest absolute Gasteiger partial charge is 0.251 e. The Bertz CT molecular complexity index is 627. The molecule has 2 atom stereocenters. The molecular formula is C14H18BrNO3S. The molecule has 0 saturated heterocycles. The average molecular weight is 360 g/mol. The third-order valence-corrected chi connectivity index (χ3v) is 6.99. The van der Waals surface area contributed by atoms with Crippen molar-refractivity contribution in [3.8, 4) is 0 Å². The van der Waals surface area contributed by atoms with Gasteiger partial charge < -0.3 is 5.32 Å². The zero-order chi connectivity index (χ0) is 14.9. The Morgan fingerprint density at radius 3 is 2.70 bits per heavy atom. The molecule has 1 aromatic rings. The van der Waals surface area contributed by atoms with Crippen LogP contribution in [-0.2, 0) is 16.3 Å². The van der Waals surface area contributed by atoms with E-state index in [4.69, 9.17) is 0 Å². The fourth-order valence-corrected chi connectivity index (χ4v) is 4.31. The quantitative estimate of drug-likeness (QED) is 0.841. The van der Waals surface area contributed by atoms with E-state index in [0.717, 1.165) is 24.0 Å². The molecule has 110 valence electrons. The fraction of sp³-hybridized carbons (Fsp3) is 0.500. The third kappa shape index (κ3) is 3.23. The normalized spacial score (nSPS) is 18.6. The lowest BCUT2D eigenvalue weighted by atomic mass is 9.99. The summed E-state index contributed by atoms with van der Waals surface area (Å²) in [5, 5.41) is 2.31. The predicted molar refractivity (Wildman–Crippen MR) is 83.1 cm³/mol. The van der Waals surface area contributed by atoms with Crippen LogP contribution >= 0.6 is 15.9 Å². The Morgan fingerprint density at radius 2 is 2.05 bits per heavy atom. The Kier molecular flexibility index (Phi) is 4.54. The maximum atomic E-state index is 12.0. The number of carbonyl (C=O) groups is 1. The van der Waals surface area contributed by atoms with E-state index >= 15 is 0 Å². The summed E-state index contributed by atoms with van der Waals surface area (Å²) in [7, 11) is -3.14. The summed E-state index contributed by atoms with van der Waals surface area (Å²) in [6, 6.07) is 5.63. The Morgan fingerprint density at radius 1 is 1.35 bits per heavy atom. The maximum absolute atomic E-state index is 12.0. The van der Waals surface area contributed by atoms with Gasteiger partial charge in [0, 0.05) is 18.4 Å². The molecule has 0 saturated carbocycles. The van der Waals surface area contributed by atoms with E-state index < -0.39 is 15.1 Å². The number of amides is 1. The largest absolute Gasteiger partial charge is 0.352 e. The van der Waals surface area contributed by atoms with Gasteiger partial charge in [-0.1, -0.05) is 28.1 Å². The summed E-state index contributed by atoms with van der Waals surface area (Å²) < 4.78 is 23.3. The molecule has 0 fully saturated rings. The highest BCUT2D eigenvalue weighted by Gasteiger charge is 2.26. The Balaban J connectivity index is 2.38. The molecule has 1 N–H and O–H groups in total. The van der Waals surface area contributed by atoms with E-state index in [1.165, 1.54) is 6.26 Å². The van der Waals surface area contributed by atoms with Crippen LogP contribution in [0.25, 0.3) is 0 Å². The van der Waals surface area contributed by atoms with Gasteiger partial charge in [-0.05, 0) is 37.0 Å². The van der Waals surface area contributed by atoms with Crippen LogP contribution in [0.3, 0.4) is 0 Å². The van der Waals surface area contributed by atoms with Gasteiger partial charge in [0.25, 0.3) is 5.91 Å². The summed E-state index contributed by atoms with van der Waals surface area (Å²) >= 11 is 3.44. The summed E-state index contributed by atoms with van der Waals surface area (Å²) in [5.41, 5.74) is 2.50. The zero-order valence-corrected chi connectivity index (χ0v) is 13.9. The number of rotatable bonds is 3. The van der Waals surface area contributed by atoms with Crippen molar-refractivity contribution in [1.82, 2.24) is 5.32 Å². The average Bonchev–Trinajstić information content (AvgIpc) is 2.58. The first kappa shape index (κ1) is 15.5. The number of benzene rings is 1. The van der Waals surface area contributed by atoms with E-state index in [9.17, 15) is 13.2 Å². The van der Waals surface area contributed by atoms with E-state index in [2.05, 4.69) is 21.2 Å². The van der Waals surface area contributed by atoms with Crippen LogP contribution < -0.4 is 5.32 Å². The highest BCUT2D eigenvalue weighted by atomic mass is 79.9. The second-order valence-electron chi connectivity index (χ2n) is 5.21. The van der Waals surface area contributed by atoms with E-state index in [1.54, 1.807) is 13.0 Å². The molecule has 4 nitrogen and oxygen atoms in total. The first-order valence-corrected chi connectivity index (χ1v) is 9.41. The van der Waals surface area contributed by atoms with E-state index in [1.807, 2.05) is 12.1 Å². The van der Waals surface area contributed by atoms with Crippen molar-refractivity contribution in [3.63, 3.8) is 0 Å². The molecule has 0 aromatic heterocycles. The van der Waals surface area contributed by atoms with Crippen molar-refractivity contribution in [2.24, 2.45) is 0 Å². The van der Waals surface area contributed by atoms with Gasteiger partial charge in [-0.25, -0.2) is 8.42 Å². The van der Waals surface area contributed by atoms with Gasteiger partial charge in [-0.2, -0.15) is 0 Å². The van der Waals surface area contributed by atoms with Crippen molar-refractivity contribution < 1.29 is 13.2 Å². The topological polar surface area (TPSA) is 63.2 Å². The maximum Gasteiger partial charge on any atom is 0.251 e. The van der Waals surface area contributed by atoms with Crippen LogP contribution in [0.5, 0.6) is 0 Å². The number of nitrogens with one attached hydrogen (secondary N) is 1. The number of halogens is 1. The first-order chi connectivity index (χ1) is 9.30. The van der Waals surface area contributed by atoms with Crippen molar-refractivity contribution in [1.29, 1.82) is 0 Å². The van der Waals surface area contributed by atoms with Crippen LogP contribution in [-0.4, -0.2) is 32.4 Å². The zero-order valence-electron chi connectivity index (χ0n) is 11.5. The predicted octanol–water partition coefficient (Wildman–Crippen LogP) is 2.23. The lowest BCUT2D eigenvalue weighted by Crippen LogP contribution is -2.24. The lowest BCUT2D eigenvalue weighted by molar-refractivity contribution is 0.0956. The summed E-state index contributed by atoms with van der Waals surface area (Å²) in [6.45, 7) is 2.35. The van der Waals surface area contributed by atoms with Gasteiger partial charge in [-0.3, -0.25) is 4.79 Å². The molecule has 1 aliphatic rings. The highest BCUT2D eigenvalue weighted by Crippen LogP contribution is 2.32. The molecule has 1 aromatic carbocycles. The molecule has 0 spiro atoms. The van der Waals surface area contributed by atoms with Gasteiger partial charge in [0.1, 0.15) is 0 Å². The van der Waals surface area contributed by atoms with Gasteiger partial charge in [-0.15, -0.1) is 0 Å². The van der Waals surface area contributed by atoms with Crippen LogP contribution in [0.4, 0.5) is 0 Å². The highest BCUT2D eigenvalue weighted by molar-refractivity contribution is 9.09. The number of sulfone groups is 1. The van der Waals surface area contributed by atoms with E-state index in [-0.39, 0.29) is 10.7 Å². The van der Waals surface area contributed by atoms with Crippen molar-refractivity contribution in [2.75, 3.05) is 12.8 Å². The first-order valence-electron chi connectivity index (χ1n) is 6.54. The van der Waals surface area contributed by atoms with Crippen LogP contribution in [0.15, 0.2) is 18.2 Å². The van der Waals surface area contributed by atoms with Gasteiger partial charge in [0.15, 0.2) is 9.84 Å². The number of carbonyl (C=O) groups excluding carboxylic acids is 1. The lowest BCUT2D eigenvalue weighted by Gasteiger charge is -2.18. The Hall–Kier alpha value is -0.880. The molecule has 1 heterocycles. The molecule has 0 aliphatic carbocycles. The van der Waals surface area contributed by atoms with Crippen molar-refractivity contribution in [2.45, 2.75) is 29.8 Å². The van der Waals surface area contributed by atoms with Gasteiger partial charge >= 0.3 is 0 Å². The van der Waals surface area contributed by atoms with Crippen LogP contribution in [0.2, 0.25) is 0 Å². The number of hydrogen-bond donors (Lipinski definition) is 1. The Labute approximate surface area is 128 Å². The fourth-order valence-electron chi connectivity index (χ4n) is 2.26. The summed E-state index contributed by atoms with van der Waals surface area (Å²) in [5.74, 6) is -0.0777. The van der Waals surface area contributed by atoms with Crippen molar-refractivity contribution in [3.05, 3.63) is 34.9 Å². The number of hydrogen-bond acceptors (Lipinski definition) is 3. The molecule has 2 unspecified atom stereocenters. The standard InChI is InChI=1S/C14H18BrNO3S/c1-9(20(2,18)19)13(15)11-6-5-10-4-3-7-16-14(17)12(10)8-11/h5-6,8-9,13H,3-4,7H2,1-2H3,(H,16,17). The molecule has 20 heavy (non-hydrogen) atoms. The van der Waals surface area contributed by atoms with Crippen LogP contribution in [0.1, 0.15) is 39.7 Å². The van der Waals surface area contributed by atoms with Gasteiger partial charge in [0.2, 0.25) is 0 Å².